The lowest BCUT2D eigenvalue weighted by Gasteiger charge is -1.99. The van der Waals surface area contributed by atoms with Gasteiger partial charge in [0.25, 0.3) is 0 Å². The third kappa shape index (κ3) is 1.01. The predicted molar refractivity (Wildman–Crippen MR) is 42.4 cm³/mol. The summed E-state index contributed by atoms with van der Waals surface area (Å²) in [6.45, 7) is 0. The van der Waals surface area contributed by atoms with Gasteiger partial charge in [0.05, 0.1) is 0 Å². The van der Waals surface area contributed by atoms with Crippen molar-refractivity contribution in [2.24, 2.45) is 0 Å². The molecule has 1 atom stereocenters. The first-order valence-electron chi connectivity index (χ1n) is 3.69. The number of carboxylic acid groups (broad SMARTS) is 1. The van der Waals surface area contributed by atoms with Gasteiger partial charge in [0.2, 0.25) is 0 Å². The van der Waals surface area contributed by atoms with Crippen molar-refractivity contribution in [1.82, 2.24) is 0 Å². The van der Waals surface area contributed by atoms with E-state index in [1.54, 1.807) is 6.07 Å². The zero-order valence-electron chi connectivity index (χ0n) is 6.21. The number of fused-ring (bicyclic) bond motifs is 1. The Morgan fingerprint density at radius 2 is 2.50 bits per heavy atom. The van der Waals surface area contributed by atoms with Gasteiger partial charge in [-0.1, -0.05) is 0 Å². The van der Waals surface area contributed by atoms with Crippen LogP contribution in [-0.4, -0.2) is 11.1 Å². The largest absolute Gasteiger partial charge is 0.481 e. The number of furan rings is 1. The van der Waals surface area contributed by atoms with E-state index in [2.05, 4.69) is 0 Å². The van der Waals surface area contributed by atoms with E-state index in [4.69, 9.17) is 21.1 Å². The van der Waals surface area contributed by atoms with Crippen molar-refractivity contribution in [3.63, 3.8) is 0 Å². The summed E-state index contributed by atoms with van der Waals surface area (Å²) < 4.78 is 5.08. The summed E-state index contributed by atoms with van der Waals surface area (Å²) in [7, 11) is 0. The lowest BCUT2D eigenvalue weighted by atomic mass is 10.1. The van der Waals surface area contributed by atoms with Gasteiger partial charge >= 0.3 is 5.97 Å². The molecule has 1 heterocycles. The van der Waals surface area contributed by atoms with Crippen LogP contribution >= 0.6 is 11.6 Å². The van der Waals surface area contributed by atoms with Gasteiger partial charge in [0.15, 0.2) is 5.22 Å². The van der Waals surface area contributed by atoms with E-state index in [9.17, 15) is 4.79 Å². The molecule has 0 saturated heterocycles. The Balaban J connectivity index is 2.41. The molecule has 0 spiro atoms. The fraction of sp³-hybridized carbons (Fsp3) is 0.375. The van der Waals surface area contributed by atoms with Gasteiger partial charge in [-0.15, -0.1) is 0 Å². The second kappa shape index (κ2) is 2.52. The normalized spacial score (nSPS) is 20.9. The highest BCUT2D eigenvalue weighted by molar-refractivity contribution is 6.29. The van der Waals surface area contributed by atoms with Gasteiger partial charge in [0.1, 0.15) is 11.7 Å². The first kappa shape index (κ1) is 7.68. The first-order valence-corrected chi connectivity index (χ1v) is 4.07. The number of rotatable bonds is 1. The van der Waals surface area contributed by atoms with Crippen molar-refractivity contribution < 1.29 is 14.3 Å². The average molecular weight is 187 g/mol. The van der Waals surface area contributed by atoms with Crippen molar-refractivity contribution in [2.75, 3.05) is 0 Å². The highest BCUT2D eigenvalue weighted by atomic mass is 35.5. The van der Waals surface area contributed by atoms with Crippen LogP contribution in [0.15, 0.2) is 10.5 Å². The minimum Gasteiger partial charge on any atom is -0.481 e. The molecule has 4 heteroatoms. The Morgan fingerprint density at radius 3 is 3.17 bits per heavy atom. The van der Waals surface area contributed by atoms with Gasteiger partial charge in [-0.2, -0.15) is 0 Å². The molecule has 0 fully saturated rings. The maximum atomic E-state index is 10.7. The molecule has 0 bridgehead atoms. The van der Waals surface area contributed by atoms with Crippen LogP contribution in [0.5, 0.6) is 0 Å². The molecule has 1 N–H and O–H groups in total. The molecule has 0 amide bonds. The number of carboxylic acids is 1. The third-order valence-corrected chi connectivity index (χ3v) is 2.31. The van der Waals surface area contributed by atoms with Gasteiger partial charge < -0.3 is 9.52 Å². The Kier molecular flexibility index (Phi) is 1.61. The van der Waals surface area contributed by atoms with Crippen LogP contribution < -0.4 is 0 Å². The summed E-state index contributed by atoms with van der Waals surface area (Å²) in [5.74, 6) is -0.792. The molecule has 3 nitrogen and oxygen atoms in total. The summed E-state index contributed by atoms with van der Waals surface area (Å²) in [4.78, 5) is 10.7. The van der Waals surface area contributed by atoms with E-state index in [1.165, 1.54) is 0 Å². The molecule has 1 aromatic rings. The molecule has 0 radical (unpaired) electrons. The summed E-state index contributed by atoms with van der Waals surface area (Å²) >= 11 is 5.59. The van der Waals surface area contributed by atoms with E-state index < -0.39 is 11.9 Å². The Labute approximate surface area is 73.9 Å². The van der Waals surface area contributed by atoms with Crippen LogP contribution in [-0.2, 0) is 11.2 Å². The minimum atomic E-state index is -0.834. The molecule has 0 saturated carbocycles. The van der Waals surface area contributed by atoms with Crippen LogP contribution in [0.25, 0.3) is 0 Å². The topological polar surface area (TPSA) is 50.4 Å². The van der Waals surface area contributed by atoms with Crippen molar-refractivity contribution in [3.05, 3.63) is 22.6 Å². The zero-order valence-corrected chi connectivity index (χ0v) is 6.97. The van der Waals surface area contributed by atoms with Crippen molar-refractivity contribution in [2.45, 2.75) is 18.8 Å². The van der Waals surface area contributed by atoms with Gasteiger partial charge in [-0.3, -0.25) is 4.79 Å². The maximum Gasteiger partial charge on any atom is 0.314 e. The second-order valence-electron chi connectivity index (χ2n) is 2.87. The van der Waals surface area contributed by atoms with Gasteiger partial charge in [-0.25, -0.2) is 0 Å². The third-order valence-electron chi connectivity index (χ3n) is 2.13. The fourth-order valence-corrected chi connectivity index (χ4v) is 1.78. The zero-order chi connectivity index (χ0) is 8.72. The SMILES string of the molecule is O=C(O)C1CCc2cc(Cl)oc21. The number of aliphatic carboxylic acids is 1. The van der Waals surface area contributed by atoms with Crippen LogP contribution in [0.4, 0.5) is 0 Å². The summed E-state index contributed by atoms with van der Waals surface area (Å²) in [6.07, 6.45) is 1.38. The standard InChI is InChI=1S/C8H7ClO3/c9-6-3-4-1-2-5(8(10)11)7(4)12-6/h3,5H,1-2H2,(H,10,11). The first-order chi connectivity index (χ1) is 5.68. The Morgan fingerprint density at radius 1 is 1.75 bits per heavy atom. The maximum absolute atomic E-state index is 10.7. The monoisotopic (exact) mass is 186 g/mol. The van der Waals surface area contributed by atoms with E-state index >= 15 is 0 Å². The predicted octanol–water partition coefficient (Wildman–Crippen LogP) is 2.05. The summed E-state index contributed by atoms with van der Waals surface area (Å²) in [5, 5.41) is 9.05. The summed E-state index contributed by atoms with van der Waals surface area (Å²) in [5.41, 5.74) is 0.937. The molecule has 1 aliphatic carbocycles. The number of halogens is 1. The van der Waals surface area contributed by atoms with E-state index in [0.717, 1.165) is 12.0 Å². The summed E-state index contributed by atoms with van der Waals surface area (Å²) in [6, 6.07) is 1.69. The molecular formula is C8H7ClO3. The lowest BCUT2D eigenvalue weighted by Crippen LogP contribution is -2.06. The number of hydrogen-bond acceptors (Lipinski definition) is 2. The fourth-order valence-electron chi connectivity index (χ4n) is 1.57. The van der Waals surface area contributed by atoms with Crippen molar-refractivity contribution in [3.8, 4) is 0 Å². The molecule has 1 aliphatic rings. The average Bonchev–Trinajstić information content (AvgIpc) is 2.43. The highest BCUT2D eigenvalue weighted by Crippen LogP contribution is 2.36. The van der Waals surface area contributed by atoms with Gasteiger partial charge in [0, 0.05) is 0 Å². The van der Waals surface area contributed by atoms with E-state index in [-0.39, 0.29) is 5.22 Å². The van der Waals surface area contributed by atoms with E-state index in [0.29, 0.717) is 12.2 Å². The molecule has 64 valence electrons. The van der Waals surface area contributed by atoms with E-state index in [1.807, 2.05) is 0 Å². The minimum absolute atomic E-state index is 0.283. The molecule has 0 aromatic carbocycles. The van der Waals surface area contributed by atoms with Crippen molar-refractivity contribution >= 4 is 17.6 Å². The molecule has 1 unspecified atom stereocenters. The number of aryl methyl sites for hydroxylation is 1. The lowest BCUT2D eigenvalue weighted by molar-refractivity contribution is -0.139. The quantitative estimate of drug-likeness (QED) is 0.730. The molecule has 1 aromatic heterocycles. The van der Waals surface area contributed by atoms with Gasteiger partial charge in [-0.05, 0) is 36.1 Å². The smallest absolute Gasteiger partial charge is 0.314 e. The van der Waals surface area contributed by atoms with Crippen LogP contribution in [0.3, 0.4) is 0 Å². The van der Waals surface area contributed by atoms with Crippen LogP contribution in [0.1, 0.15) is 23.7 Å². The highest BCUT2D eigenvalue weighted by Gasteiger charge is 2.32. The Bertz CT molecular complexity index is 329. The molecular weight excluding hydrogens is 180 g/mol. The van der Waals surface area contributed by atoms with Crippen LogP contribution in [0, 0.1) is 0 Å². The Hall–Kier alpha value is -0.960. The number of hydrogen-bond donors (Lipinski definition) is 1. The molecule has 12 heavy (non-hydrogen) atoms. The molecule has 2 rings (SSSR count). The van der Waals surface area contributed by atoms with Crippen molar-refractivity contribution in [1.29, 1.82) is 0 Å². The number of carbonyl (C=O) groups is 1. The molecule has 0 aliphatic heterocycles. The second-order valence-corrected chi connectivity index (χ2v) is 3.24. The van der Waals surface area contributed by atoms with Crippen LogP contribution in [0.2, 0.25) is 5.22 Å².